The van der Waals surface area contributed by atoms with Crippen LogP contribution in [0.4, 0.5) is 11.4 Å². The molecule has 0 bridgehead atoms. The first-order valence-corrected chi connectivity index (χ1v) is 11.0. The molecule has 3 aromatic rings. The molecule has 29 heavy (non-hydrogen) atoms. The van der Waals surface area contributed by atoms with Gasteiger partial charge in [0.25, 0.3) is 10.0 Å². The molecule has 0 atom stereocenters. The molecule has 1 aliphatic rings. The van der Waals surface area contributed by atoms with Crippen LogP contribution in [0.3, 0.4) is 0 Å². The van der Waals surface area contributed by atoms with Gasteiger partial charge in [-0.1, -0.05) is 37.0 Å². The molecule has 0 spiro atoms. The largest absolute Gasteiger partial charge is 0.376 e. The van der Waals surface area contributed by atoms with Crippen LogP contribution in [-0.4, -0.2) is 28.3 Å². The number of hydrogen-bond donors (Lipinski definition) is 1. The van der Waals surface area contributed by atoms with Crippen LogP contribution < -0.4 is 5.32 Å². The number of benzene rings is 1. The summed E-state index contributed by atoms with van der Waals surface area (Å²) in [5, 5.41) is 15.3. The summed E-state index contributed by atoms with van der Waals surface area (Å²) in [7, 11) is -3.87. The van der Waals surface area contributed by atoms with Gasteiger partial charge in [-0.15, -0.1) is 0 Å². The summed E-state index contributed by atoms with van der Waals surface area (Å²) in [6, 6.07) is 8.25. The van der Waals surface area contributed by atoms with E-state index in [0.717, 1.165) is 47.8 Å². The van der Waals surface area contributed by atoms with Crippen molar-refractivity contribution in [3.05, 3.63) is 58.4 Å². The van der Waals surface area contributed by atoms with Crippen molar-refractivity contribution < 1.29 is 13.3 Å². The Kier molecular flexibility index (Phi) is 4.99. The van der Waals surface area contributed by atoms with Crippen molar-refractivity contribution in [3.8, 4) is 0 Å². The SMILES string of the molecule is Cc1ccc(S(=O)(=O)n2ccc3c(NC4CCCCC4)c([N+](=O)[O-])cnc32)cc1. The van der Waals surface area contributed by atoms with Crippen molar-refractivity contribution in [1.29, 1.82) is 0 Å². The third-order valence-electron chi connectivity index (χ3n) is 5.39. The van der Waals surface area contributed by atoms with Gasteiger partial charge in [0.15, 0.2) is 5.65 Å². The van der Waals surface area contributed by atoms with E-state index in [1.54, 1.807) is 30.3 Å². The summed E-state index contributed by atoms with van der Waals surface area (Å²) < 4.78 is 27.3. The molecule has 1 saturated carbocycles. The molecule has 2 heterocycles. The Morgan fingerprint density at radius 3 is 2.48 bits per heavy atom. The van der Waals surface area contributed by atoms with Crippen molar-refractivity contribution in [2.24, 2.45) is 0 Å². The molecule has 0 aliphatic heterocycles. The van der Waals surface area contributed by atoms with Gasteiger partial charge in [-0.3, -0.25) is 10.1 Å². The lowest BCUT2D eigenvalue weighted by Crippen LogP contribution is -2.23. The van der Waals surface area contributed by atoms with E-state index in [-0.39, 0.29) is 22.3 Å². The van der Waals surface area contributed by atoms with Gasteiger partial charge in [-0.05, 0) is 38.0 Å². The highest BCUT2D eigenvalue weighted by Crippen LogP contribution is 2.35. The van der Waals surface area contributed by atoms with Gasteiger partial charge in [-0.2, -0.15) is 0 Å². The van der Waals surface area contributed by atoms with Crippen LogP contribution in [0.25, 0.3) is 11.0 Å². The lowest BCUT2D eigenvalue weighted by atomic mass is 9.95. The Balaban J connectivity index is 1.83. The number of fused-ring (bicyclic) bond motifs is 1. The van der Waals surface area contributed by atoms with E-state index in [4.69, 9.17) is 0 Å². The van der Waals surface area contributed by atoms with Crippen LogP contribution in [0.2, 0.25) is 0 Å². The van der Waals surface area contributed by atoms with Crippen molar-refractivity contribution in [3.63, 3.8) is 0 Å². The monoisotopic (exact) mass is 414 g/mol. The smallest absolute Gasteiger partial charge is 0.311 e. The number of pyridine rings is 1. The summed E-state index contributed by atoms with van der Waals surface area (Å²) >= 11 is 0. The standard InChI is InChI=1S/C20H22N4O4S/c1-14-7-9-16(10-8-14)29(27,28)23-12-11-17-19(22-15-5-3-2-4-6-15)18(24(25)26)13-21-20(17)23/h7-13,15H,2-6H2,1H3,(H,21,22). The van der Waals surface area contributed by atoms with Crippen LogP contribution in [0.1, 0.15) is 37.7 Å². The minimum absolute atomic E-state index is 0.130. The van der Waals surface area contributed by atoms with Gasteiger partial charge in [0.05, 0.1) is 15.2 Å². The molecule has 2 aromatic heterocycles. The van der Waals surface area contributed by atoms with Crippen LogP contribution in [0, 0.1) is 17.0 Å². The third kappa shape index (κ3) is 3.57. The minimum Gasteiger partial charge on any atom is -0.376 e. The number of aryl methyl sites for hydroxylation is 1. The molecule has 0 saturated heterocycles. The Hall–Kier alpha value is -2.94. The maximum absolute atomic E-state index is 13.1. The highest BCUT2D eigenvalue weighted by molar-refractivity contribution is 7.90. The van der Waals surface area contributed by atoms with Gasteiger partial charge in [0.1, 0.15) is 11.9 Å². The molecule has 9 heteroatoms. The molecular weight excluding hydrogens is 392 g/mol. The Bertz CT molecular complexity index is 1160. The van der Waals surface area contributed by atoms with E-state index in [1.165, 1.54) is 6.20 Å². The molecule has 0 radical (unpaired) electrons. The second-order valence-corrected chi connectivity index (χ2v) is 9.24. The zero-order valence-electron chi connectivity index (χ0n) is 16.0. The average molecular weight is 414 g/mol. The number of hydrogen-bond acceptors (Lipinski definition) is 6. The van der Waals surface area contributed by atoms with Crippen LogP contribution in [0.5, 0.6) is 0 Å². The zero-order valence-corrected chi connectivity index (χ0v) is 16.9. The Morgan fingerprint density at radius 1 is 1.14 bits per heavy atom. The van der Waals surface area contributed by atoms with Crippen LogP contribution in [0.15, 0.2) is 47.6 Å². The fraction of sp³-hybridized carbons (Fsp3) is 0.350. The number of nitrogens with zero attached hydrogens (tertiary/aromatic N) is 3. The fourth-order valence-electron chi connectivity index (χ4n) is 3.81. The average Bonchev–Trinajstić information content (AvgIpc) is 3.14. The quantitative estimate of drug-likeness (QED) is 0.494. The predicted molar refractivity (Wildman–Crippen MR) is 111 cm³/mol. The second kappa shape index (κ2) is 7.47. The van der Waals surface area contributed by atoms with Gasteiger partial charge in [-0.25, -0.2) is 17.4 Å². The van der Waals surface area contributed by atoms with Crippen molar-refractivity contribution in [2.75, 3.05) is 5.32 Å². The Labute approximate surface area is 168 Å². The maximum Gasteiger partial charge on any atom is 0.311 e. The van der Waals surface area contributed by atoms with Crippen molar-refractivity contribution >= 4 is 32.4 Å². The lowest BCUT2D eigenvalue weighted by Gasteiger charge is -2.24. The first kappa shape index (κ1) is 19.4. The fourth-order valence-corrected chi connectivity index (χ4v) is 5.11. The van der Waals surface area contributed by atoms with Crippen molar-refractivity contribution in [1.82, 2.24) is 8.96 Å². The summed E-state index contributed by atoms with van der Waals surface area (Å²) in [4.78, 5) is 15.4. The number of aromatic nitrogens is 2. The first-order chi connectivity index (χ1) is 13.9. The summed E-state index contributed by atoms with van der Waals surface area (Å²) in [6.45, 7) is 1.88. The molecule has 8 nitrogen and oxygen atoms in total. The van der Waals surface area contributed by atoms with E-state index < -0.39 is 14.9 Å². The number of rotatable bonds is 5. The second-order valence-electron chi connectivity index (χ2n) is 7.42. The molecular formula is C20H22N4O4S. The topological polar surface area (TPSA) is 107 Å². The molecule has 152 valence electrons. The molecule has 1 aromatic carbocycles. The number of anilines is 1. The summed E-state index contributed by atoms with van der Waals surface area (Å²) in [5.74, 6) is 0. The zero-order chi connectivity index (χ0) is 20.6. The third-order valence-corrected chi connectivity index (χ3v) is 7.07. The molecule has 0 amide bonds. The predicted octanol–water partition coefficient (Wildman–Crippen LogP) is 4.23. The van der Waals surface area contributed by atoms with Crippen LogP contribution >= 0.6 is 0 Å². The van der Waals surface area contributed by atoms with E-state index in [9.17, 15) is 18.5 Å². The summed E-state index contributed by atoms with van der Waals surface area (Å²) in [5.41, 5.74) is 1.32. The van der Waals surface area contributed by atoms with Gasteiger partial charge in [0, 0.05) is 12.2 Å². The van der Waals surface area contributed by atoms with Gasteiger partial charge in [0.2, 0.25) is 0 Å². The highest BCUT2D eigenvalue weighted by Gasteiger charge is 2.26. The lowest BCUT2D eigenvalue weighted by molar-refractivity contribution is -0.384. The Morgan fingerprint density at radius 2 is 1.83 bits per heavy atom. The number of nitro groups is 1. The molecule has 0 unspecified atom stereocenters. The van der Waals surface area contributed by atoms with E-state index in [1.807, 2.05) is 6.92 Å². The molecule has 1 N–H and O–H groups in total. The van der Waals surface area contributed by atoms with Crippen LogP contribution in [-0.2, 0) is 10.0 Å². The van der Waals surface area contributed by atoms with E-state index >= 15 is 0 Å². The first-order valence-electron chi connectivity index (χ1n) is 9.61. The summed E-state index contributed by atoms with van der Waals surface area (Å²) in [6.07, 6.45) is 7.71. The molecule has 1 aliphatic carbocycles. The van der Waals surface area contributed by atoms with Gasteiger partial charge < -0.3 is 5.32 Å². The van der Waals surface area contributed by atoms with Crippen molar-refractivity contribution in [2.45, 2.75) is 50.0 Å². The molecule has 1 fully saturated rings. The molecule has 4 rings (SSSR count). The highest BCUT2D eigenvalue weighted by atomic mass is 32.2. The normalized spacial score (nSPS) is 15.5. The van der Waals surface area contributed by atoms with E-state index in [0.29, 0.717) is 11.1 Å². The van der Waals surface area contributed by atoms with Gasteiger partial charge >= 0.3 is 5.69 Å². The number of nitrogens with one attached hydrogen (secondary N) is 1. The maximum atomic E-state index is 13.1. The van der Waals surface area contributed by atoms with E-state index in [2.05, 4.69) is 10.3 Å². The minimum atomic E-state index is -3.87.